The molecule has 0 fully saturated rings. The molecule has 6 heteroatoms. The molecule has 3 amide bonds. The van der Waals surface area contributed by atoms with E-state index in [2.05, 4.69) is 33.2 Å². The maximum absolute atomic E-state index is 11.4. The summed E-state index contributed by atoms with van der Waals surface area (Å²) < 4.78 is 6.34. The quantitative estimate of drug-likeness (QED) is 0.774. The predicted octanol–water partition coefficient (Wildman–Crippen LogP) is 2.15. The normalized spacial score (nSPS) is 10.1. The van der Waals surface area contributed by atoms with Crippen LogP contribution in [0.3, 0.4) is 0 Å². The number of ether oxygens (including phenoxy) is 1. The van der Waals surface area contributed by atoms with Crippen molar-refractivity contribution in [3.8, 4) is 5.75 Å². The van der Waals surface area contributed by atoms with Crippen LogP contribution >= 0.6 is 22.6 Å². The van der Waals surface area contributed by atoms with Gasteiger partial charge in [-0.3, -0.25) is 10.1 Å². The molecule has 0 radical (unpaired) electrons. The Morgan fingerprint density at radius 2 is 1.89 bits per heavy atom. The maximum Gasteiger partial charge on any atom is 0.321 e. The van der Waals surface area contributed by atoms with Gasteiger partial charge in [0.05, 0.1) is 0 Å². The number of halogens is 1. The van der Waals surface area contributed by atoms with Gasteiger partial charge in [0.2, 0.25) is 0 Å². The Morgan fingerprint density at radius 3 is 2.47 bits per heavy atom. The second-order valence-corrected chi connectivity index (χ2v) is 5.64. The lowest BCUT2D eigenvalue weighted by Gasteiger charge is -2.09. The van der Waals surface area contributed by atoms with Gasteiger partial charge in [-0.2, -0.15) is 0 Å². The predicted molar refractivity (Wildman–Crippen MR) is 81.0 cm³/mol. The fourth-order valence-corrected chi connectivity index (χ4v) is 1.54. The third-order valence-corrected chi connectivity index (χ3v) is 2.83. The summed E-state index contributed by atoms with van der Waals surface area (Å²) in [5.74, 6) is 0.460. The number of carbonyl (C=O) groups is 2. The van der Waals surface area contributed by atoms with E-state index in [1.807, 2.05) is 26.0 Å². The number of amides is 3. The largest absolute Gasteiger partial charge is 0.484 e. The molecule has 1 aromatic rings. The first kappa shape index (κ1) is 15.7. The zero-order valence-electron chi connectivity index (χ0n) is 10.9. The van der Waals surface area contributed by atoms with Crippen molar-refractivity contribution >= 4 is 34.5 Å². The fourth-order valence-electron chi connectivity index (χ4n) is 1.18. The molecule has 0 atom stereocenters. The molecule has 0 aliphatic carbocycles. The van der Waals surface area contributed by atoms with Gasteiger partial charge in [-0.25, -0.2) is 4.79 Å². The third kappa shape index (κ3) is 7.00. The minimum atomic E-state index is -0.495. The first-order valence-electron chi connectivity index (χ1n) is 5.93. The van der Waals surface area contributed by atoms with Gasteiger partial charge in [-0.15, -0.1) is 0 Å². The molecule has 0 unspecified atom stereocenters. The highest BCUT2D eigenvalue weighted by atomic mass is 127. The molecule has 0 heterocycles. The topological polar surface area (TPSA) is 67.4 Å². The van der Waals surface area contributed by atoms with Crippen LogP contribution in [-0.4, -0.2) is 25.1 Å². The molecule has 1 rings (SSSR count). The second-order valence-electron chi connectivity index (χ2n) is 4.39. The molecular weight excluding hydrogens is 359 g/mol. The molecule has 0 aromatic heterocycles. The average molecular weight is 376 g/mol. The molecule has 19 heavy (non-hydrogen) atoms. The summed E-state index contributed by atoms with van der Waals surface area (Å²) in [6.07, 6.45) is 0. The summed E-state index contributed by atoms with van der Waals surface area (Å²) in [5, 5.41) is 4.79. The van der Waals surface area contributed by atoms with Gasteiger partial charge in [-0.1, -0.05) is 13.8 Å². The lowest BCUT2D eigenvalue weighted by Crippen LogP contribution is -2.42. The smallest absolute Gasteiger partial charge is 0.321 e. The summed E-state index contributed by atoms with van der Waals surface area (Å²) in [6, 6.07) is 6.80. The van der Waals surface area contributed by atoms with Crippen LogP contribution < -0.4 is 15.4 Å². The summed E-state index contributed by atoms with van der Waals surface area (Å²) in [7, 11) is 0. The number of imide groups is 1. The standard InChI is InChI=1S/C13H17IN2O3/c1-9(2)7-15-13(18)16-12(17)8-19-11-5-3-10(14)4-6-11/h3-6,9H,7-8H2,1-2H3,(H2,15,16,17,18). The average Bonchev–Trinajstić information content (AvgIpc) is 2.36. The molecular formula is C13H17IN2O3. The van der Waals surface area contributed by atoms with E-state index in [-0.39, 0.29) is 6.61 Å². The molecule has 0 spiro atoms. The van der Waals surface area contributed by atoms with Crippen LogP contribution in [0.1, 0.15) is 13.8 Å². The van der Waals surface area contributed by atoms with Crippen molar-refractivity contribution in [2.75, 3.05) is 13.2 Å². The number of urea groups is 1. The molecule has 0 aliphatic rings. The first-order valence-corrected chi connectivity index (χ1v) is 7.01. The summed E-state index contributed by atoms with van der Waals surface area (Å²) >= 11 is 2.18. The van der Waals surface area contributed by atoms with Gasteiger partial charge in [-0.05, 0) is 52.8 Å². The summed E-state index contributed by atoms with van der Waals surface area (Å²) in [5.41, 5.74) is 0. The van der Waals surface area contributed by atoms with Crippen molar-refractivity contribution in [3.63, 3.8) is 0 Å². The van der Waals surface area contributed by atoms with Crippen LogP contribution in [-0.2, 0) is 4.79 Å². The van der Waals surface area contributed by atoms with Crippen LogP contribution in [0, 0.1) is 9.49 Å². The first-order chi connectivity index (χ1) is 8.97. The van der Waals surface area contributed by atoms with E-state index in [1.165, 1.54) is 0 Å². The monoisotopic (exact) mass is 376 g/mol. The highest BCUT2D eigenvalue weighted by molar-refractivity contribution is 14.1. The summed E-state index contributed by atoms with van der Waals surface area (Å²) in [4.78, 5) is 22.8. The van der Waals surface area contributed by atoms with Gasteiger partial charge in [0, 0.05) is 10.1 Å². The van der Waals surface area contributed by atoms with Crippen molar-refractivity contribution in [2.45, 2.75) is 13.8 Å². The molecule has 0 saturated heterocycles. The minimum absolute atomic E-state index is 0.185. The Bertz CT molecular complexity index is 432. The Kier molecular flexibility index (Phi) is 6.61. The van der Waals surface area contributed by atoms with Crippen molar-refractivity contribution in [1.29, 1.82) is 0 Å². The van der Waals surface area contributed by atoms with E-state index in [9.17, 15) is 9.59 Å². The highest BCUT2D eigenvalue weighted by Gasteiger charge is 2.08. The van der Waals surface area contributed by atoms with Gasteiger partial charge >= 0.3 is 6.03 Å². The van der Waals surface area contributed by atoms with Crippen LogP contribution in [0.4, 0.5) is 4.79 Å². The Hall–Kier alpha value is -1.31. The lowest BCUT2D eigenvalue weighted by molar-refractivity contribution is -0.122. The van der Waals surface area contributed by atoms with Crippen molar-refractivity contribution < 1.29 is 14.3 Å². The molecule has 0 aliphatic heterocycles. The summed E-state index contributed by atoms with van der Waals surface area (Å²) in [6.45, 7) is 4.29. The maximum atomic E-state index is 11.4. The van der Waals surface area contributed by atoms with E-state index < -0.39 is 11.9 Å². The number of rotatable bonds is 5. The van der Waals surface area contributed by atoms with Gasteiger partial charge in [0.15, 0.2) is 6.61 Å². The van der Waals surface area contributed by atoms with Gasteiger partial charge in [0.1, 0.15) is 5.75 Å². The number of carbonyl (C=O) groups excluding carboxylic acids is 2. The van der Waals surface area contributed by atoms with Crippen LogP contribution in [0.25, 0.3) is 0 Å². The van der Waals surface area contributed by atoms with Gasteiger partial charge < -0.3 is 10.1 Å². The lowest BCUT2D eigenvalue weighted by atomic mass is 10.2. The molecule has 1 aromatic carbocycles. The molecule has 0 saturated carbocycles. The zero-order chi connectivity index (χ0) is 14.3. The van der Waals surface area contributed by atoms with E-state index in [0.717, 1.165) is 3.57 Å². The molecule has 0 bridgehead atoms. The number of hydrogen-bond donors (Lipinski definition) is 2. The Balaban J connectivity index is 2.27. The van der Waals surface area contributed by atoms with E-state index in [4.69, 9.17) is 4.74 Å². The zero-order valence-corrected chi connectivity index (χ0v) is 13.1. The van der Waals surface area contributed by atoms with Gasteiger partial charge in [0.25, 0.3) is 5.91 Å². The number of benzene rings is 1. The van der Waals surface area contributed by atoms with E-state index in [1.54, 1.807) is 12.1 Å². The minimum Gasteiger partial charge on any atom is -0.484 e. The molecule has 104 valence electrons. The number of nitrogens with one attached hydrogen (secondary N) is 2. The fraction of sp³-hybridized carbons (Fsp3) is 0.385. The Morgan fingerprint density at radius 1 is 1.26 bits per heavy atom. The third-order valence-electron chi connectivity index (χ3n) is 2.11. The SMILES string of the molecule is CC(C)CNC(=O)NC(=O)COc1ccc(I)cc1. The van der Waals surface area contributed by atoms with E-state index in [0.29, 0.717) is 18.2 Å². The second kappa shape index (κ2) is 7.98. The van der Waals surface area contributed by atoms with Crippen LogP contribution in [0.2, 0.25) is 0 Å². The van der Waals surface area contributed by atoms with Crippen molar-refractivity contribution in [2.24, 2.45) is 5.92 Å². The van der Waals surface area contributed by atoms with Crippen molar-refractivity contribution in [1.82, 2.24) is 10.6 Å². The molecule has 2 N–H and O–H groups in total. The van der Waals surface area contributed by atoms with Crippen LogP contribution in [0.5, 0.6) is 5.75 Å². The van der Waals surface area contributed by atoms with Crippen molar-refractivity contribution in [3.05, 3.63) is 27.8 Å². The molecule has 5 nitrogen and oxygen atoms in total. The number of hydrogen-bond acceptors (Lipinski definition) is 3. The van der Waals surface area contributed by atoms with Crippen LogP contribution in [0.15, 0.2) is 24.3 Å². The van der Waals surface area contributed by atoms with E-state index >= 15 is 0 Å². The Labute approximate surface area is 126 Å². The highest BCUT2D eigenvalue weighted by Crippen LogP contribution is 2.13.